The molecule has 1 aromatic rings. The topological polar surface area (TPSA) is 96.1 Å². The number of amides is 1. The van der Waals surface area contributed by atoms with Crippen LogP contribution in [0.4, 0.5) is 5.69 Å². The molecule has 1 aliphatic carbocycles. The van der Waals surface area contributed by atoms with Crippen LogP contribution >= 0.6 is 0 Å². The Morgan fingerprint density at radius 2 is 1.76 bits per heavy atom. The molecule has 1 saturated heterocycles. The van der Waals surface area contributed by atoms with Crippen molar-refractivity contribution in [3.8, 4) is 0 Å². The maximum atomic E-state index is 12.6. The molecule has 0 radical (unpaired) electrons. The number of hydrogen-bond acceptors (Lipinski definition) is 6. The summed E-state index contributed by atoms with van der Waals surface area (Å²) in [5.41, 5.74) is 7.37. The number of esters is 1. The second-order valence-corrected chi connectivity index (χ2v) is 6.75. The first kappa shape index (κ1) is 17.7. The Bertz CT molecular complexity index is 616. The molecule has 3 N–H and O–H groups in total. The first-order valence-corrected chi connectivity index (χ1v) is 8.65. The molecule has 3 atom stereocenters. The van der Waals surface area contributed by atoms with Gasteiger partial charge in [-0.2, -0.15) is 0 Å². The van der Waals surface area contributed by atoms with Crippen LogP contribution in [-0.4, -0.2) is 67.3 Å². The molecular formula is C18H25N3O4. The zero-order valence-corrected chi connectivity index (χ0v) is 14.4. The number of ether oxygens (including phenoxy) is 1. The Morgan fingerprint density at radius 1 is 1.12 bits per heavy atom. The van der Waals surface area contributed by atoms with Crippen LogP contribution in [0.5, 0.6) is 0 Å². The van der Waals surface area contributed by atoms with Gasteiger partial charge >= 0.3 is 5.97 Å². The number of rotatable bonds is 3. The molecule has 3 rings (SSSR count). The molecule has 0 unspecified atom stereocenters. The summed E-state index contributed by atoms with van der Waals surface area (Å²) in [5.74, 6) is -0.400. The highest BCUT2D eigenvalue weighted by atomic mass is 16.5. The molecular weight excluding hydrogens is 322 g/mol. The zero-order valence-electron chi connectivity index (χ0n) is 14.4. The van der Waals surface area contributed by atoms with Gasteiger partial charge in [0.1, 0.15) is 0 Å². The van der Waals surface area contributed by atoms with E-state index in [-0.39, 0.29) is 23.8 Å². The van der Waals surface area contributed by atoms with E-state index in [4.69, 9.17) is 10.5 Å². The number of hydrogen-bond donors (Lipinski definition) is 2. The van der Waals surface area contributed by atoms with Crippen molar-refractivity contribution < 1.29 is 19.4 Å². The van der Waals surface area contributed by atoms with Gasteiger partial charge in [-0.1, -0.05) is 0 Å². The highest BCUT2D eigenvalue weighted by molar-refractivity contribution is 5.89. The lowest BCUT2D eigenvalue weighted by Crippen LogP contribution is -2.50. The quantitative estimate of drug-likeness (QED) is 0.760. The van der Waals surface area contributed by atoms with Crippen LogP contribution in [0.2, 0.25) is 0 Å². The van der Waals surface area contributed by atoms with Crippen LogP contribution in [-0.2, 0) is 9.53 Å². The summed E-state index contributed by atoms with van der Waals surface area (Å²) in [6.45, 7) is 2.79. The van der Waals surface area contributed by atoms with Gasteiger partial charge in [0.25, 0.3) is 0 Å². The zero-order chi connectivity index (χ0) is 18.0. The number of anilines is 1. The Morgan fingerprint density at radius 3 is 2.28 bits per heavy atom. The van der Waals surface area contributed by atoms with Crippen LogP contribution < -0.4 is 10.6 Å². The number of methoxy groups -OCH3 is 1. The maximum absolute atomic E-state index is 12.6. The van der Waals surface area contributed by atoms with Gasteiger partial charge in [-0.3, -0.25) is 4.79 Å². The molecule has 1 amide bonds. The summed E-state index contributed by atoms with van der Waals surface area (Å²) >= 11 is 0. The minimum atomic E-state index is -0.566. The van der Waals surface area contributed by atoms with E-state index in [1.165, 1.54) is 7.11 Å². The molecule has 0 bridgehead atoms. The van der Waals surface area contributed by atoms with Gasteiger partial charge in [0.15, 0.2) is 0 Å². The molecule has 1 aromatic carbocycles. The van der Waals surface area contributed by atoms with Crippen LogP contribution in [0.3, 0.4) is 0 Å². The van der Waals surface area contributed by atoms with Crippen molar-refractivity contribution in [2.75, 3.05) is 38.2 Å². The van der Waals surface area contributed by atoms with Crippen molar-refractivity contribution >= 4 is 17.6 Å². The van der Waals surface area contributed by atoms with E-state index in [1.54, 1.807) is 12.1 Å². The van der Waals surface area contributed by atoms with Gasteiger partial charge in [-0.15, -0.1) is 0 Å². The van der Waals surface area contributed by atoms with Gasteiger partial charge in [0, 0.05) is 43.8 Å². The van der Waals surface area contributed by atoms with Gasteiger partial charge in [0.2, 0.25) is 5.91 Å². The van der Waals surface area contributed by atoms with Crippen LogP contribution in [0.1, 0.15) is 23.2 Å². The number of carbonyl (C=O) groups excluding carboxylic acids is 2. The Labute approximate surface area is 147 Å². The highest BCUT2D eigenvalue weighted by Crippen LogP contribution is 2.27. The average molecular weight is 347 g/mol. The van der Waals surface area contributed by atoms with Gasteiger partial charge in [-0.25, -0.2) is 4.79 Å². The lowest BCUT2D eigenvalue weighted by Gasteiger charge is -2.37. The Balaban J connectivity index is 1.55. The SMILES string of the molecule is COC(=O)c1ccc(N2CCN(C(=O)[C@H]3C[C@@H](N)[C@H](O)C3)CC2)cc1. The van der Waals surface area contributed by atoms with E-state index in [0.717, 1.165) is 18.8 Å². The number of nitrogens with zero attached hydrogens (tertiary/aromatic N) is 2. The molecule has 7 nitrogen and oxygen atoms in total. The second kappa shape index (κ2) is 7.41. The molecule has 0 spiro atoms. The molecule has 2 fully saturated rings. The Kier molecular flexibility index (Phi) is 5.24. The van der Waals surface area contributed by atoms with E-state index >= 15 is 0 Å². The molecule has 25 heavy (non-hydrogen) atoms. The molecule has 136 valence electrons. The third-order valence-corrected chi connectivity index (χ3v) is 5.17. The number of nitrogens with two attached hydrogens (primary N) is 1. The summed E-state index contributed by atoms with van der Waals surface area (Å²) < 4.78 is 4.70. The van der Waals surface area contributed by atoms with Crippen molar-refractivity contribution in [3.63, 3.8) is 0 Å². The molecule has 1 aliphatic heterocycles. The highest BCUT2D eigenvalue weighted by Gasteiger charge is 2.37. The second-order valence-electron chi connectivity index (χ2n) is 6.75. The average Bonchev–Trinajstić information content (AvgIpc) is 2.99. The lowest BCUT2D eigenvalue weighted by atomic mass is 10.1. The number of aliphatic hydroxyl groups is 1. The summed E-state index contributed by atoms with van der Waals surface area (Å²) in [6.07, 6.45) is 0.466. The number of carbonyl (C=O) groups is 2. The van der Waals surface area contributed by atoms with Crippen molar-refractivity contribution in [3.05, 3.63) is 29.8 Å². The first-order valence-electron chi connectivity index (χ1n) is 8.65. The molecule has 0 aromatic heterocycles. The summed E-state index contributed by atoms with van der Waals surface area (Å²) in [6, 6.07) is 7.01. The first-order chi connectivity index (χ1) is 12.0. The molecule has 1 heterocycles. The van der Waals surface area contributed by atoms with E-state index < -0.39 is 6.10 Å². The predicted molar refractivity (Wildman–Crippen MR) is 93.3 cm³/mol. The smallest absolute Gasteiger partial charge is 0.337 e. The number of aliphatic hydroxyl groups excluding tert-OH is 1. The lowest BCUT2D eigenvalue weighted by molar-refractivity contribution is -0.135. The Hall–Kier alpha value is -2.12. The summed E-state index contributed by atoms with van der Waals surface area (Å²) in [5, 5.41) is 9.75. The van der Waals surface area contributed by atoms with Gasteiger partial charge < -0.3 is 25.4 Å². The number of benzene rings is 1. The van der Waals surface area contributed by atoms with E-state index in [1.807, 2.05) is 17.0 Å². The number of piperazine rings is 1. The third kappa shape index (κ3) is 3.77. The third-order valence-electron chi connectivity index (χ3n) is 5.17. The monoisotopic (exact) mass is 347 g/mol. The van der Waals surface area contributed by atoms with Crippen LogP contribution in [0.25, 0.3) is 0 Å². The van der Waals surface area contributed by atoms with Gasteiger partial charge in [-0.05, 0) is 37.1 Å². The van der Waals surface area contributed by atoms with Crippen molar-refractivity contribution in [2.24, 2.45) is 11.7 Å². The minimum Gasteiger partial charge on any atom is -0.465 e. The van der Waals surface area contributed by atoms with E-state index in [0.29, 0.717) is 31.5 Å². The van der Waals surface area contributed by atoms with Crippen molar-refractivity contribution in [1.29, 1.82) is 0 Å². The van der Waals surface area contributed by atoms with Gasteiger partial charge in [0.05, 0.1) is 18.8 Å². The summed E-state index contributed by atoms with van der Waals surface area (Å²) in [4.78, 5) is 28.1. The fourth-order valence-electron chi connectivity index (χ4n) is 3.62. The largest absolute Gasteiger partial charge is 0.465 e. The fourth-order valence-corrected chi connectivity index (χ4v) is 3.62. The fraction of sp³-hybridized carbons (Fsp3) is 0.556. The predicted octanol–water partition coefficient (Wildman–Crippen LogP) is 0.220. The normalized spacial score (nSPS) is 26.6. The molecule has 7 heteroatoms. The van der Waals surface area contributed by atoms with Crippen LogP contribution in [0.15, 0.2) is 24.3 Å². The van der Waals surface area contributed by atoms with Crippen LogP contribution in [0, 0.1) is 5.92 Å². The standard InChI is InChI=1S/C18H25N3O4/c1-25-18(24)12-2-4-14(5-3-12)20-6-8-21(9-7-20)17(23)13-10-15(19)16(22)11-13/h2-5,13,15-16,22H,6-11,19H2,1H3/t13-,15+,16+/m0/s1. The molecule has 1 saturated carbocycles. The van der Waals surface area contributed by atoms with E-state index in [9.17, 15) is 14.7 Å². The molecule has 2 aliphatic rings. The maximum Gasteiger partial charge on any atom is 0.337 e. The summed E-state index contributed by atoms with van der Waals surface area (Å²) in [7, 11) is 1.36. The van der Waals surface area contributed by atoms with Crippen molar-refractivity contribution in [1.82, 2.24) is 4.90 Å². The van der Waals surface area contributed by atoms with Crippen molar-refractivity contribution in [2.45, 2.75) is 25.0 Å². The van der Waals surface area contributed by atoms with E-state index in [2.05, 4.69) is 4.90 Å². The minimum absolute atomic E-state index is 0.104.